The molecule has 2 aliphatic rings. The predicted molar refractivity (Wildman–Crippen MR) is 309 cm³/mol. The monoisotopic (exact) mass is 1200 g/mol. The summed E-state index contributed by atoms with van der Waals surface area (Å²) in [7, 11) is 0. The molecule has 0 bridgehead atoms. The molecular formula is C57H68Cl4N8O12. The minimum Gasteiger partial charge on any atom is -0.480 e. The molecule has 7 amide bonds. The Morgan fingerprint density at radius 3 is 1.25 bits per heavy atom. The number of benzene rings is 4. The summed E-state index contributed by atoms with van der Waals surface area (Å²) in [6.45, 7) is 5.23. The molecular weight excluding hydrogens is 1130 g/mol. The summed E-state index contributed by atoms with van der Waals surface area (Å²) in [5.41, 5.74) is 5.63. The van der Waals surface area contributed by atoms with Crippen molar-refractivity contribution in [3.05, 3.63) is 127 Å². The summed E-state index contributed by atoms with van der Waals surface area (Å²) in [5, 5.41) is 39.2. The van der Waals surface area contributed by atoms with Gasteiger partial charge >= 0.3 is 18.0 Å². The molecule has 2 aliphatic carbocycles. The molecule has 20 nitrogen and oxygen atoms in total. The smallest absolute Gasteiger partial charge is 0.408 e. The molecule has 6 rings (SSSR count). The topological polar surface area (TPSA) is 314 Å². The highest BCUT2D eigenvalue weighted by Crippen LogP contribution is 2.42. The largest absolute Gasteiger partial charge is 0.480 e. The van der Waals surface area contributed by atoms with Crippen LogP contribution < -0.4 is 43.0 Å². The molecule has 436 valence electrons. The first-order valence-corrected chi connectivity index (χ1v) is 27.8. The van der Waals surface area contributed by atoms with Gasteiger partial charge in [-0.3, -0.25) is 28.8 Å². The van der Waals surface area contributed by atoms with Crippen molar-refractivity contribution in [1.29, 1.82) is 0 Å². The van der Waals surface area contributed by atoms with E-state index in [0.717, 1.165) is 25.7 Å². The van der Waals surface area contributed by atoms with Crippen molar-refractivity contribution in [3.63, 3.8) is 0 Å². The lowest BCUT2D eigenvalue weighted by molar-refractivity contribution is -0.144. The van der Waals surface area contributed by atoms with Crippen LogP contribution in [0.15, 0.2) is 84.9 Å². The van der Waals surface area contributed by atoms with Crippen LogP contribution in [-0.2, 0) is 46.3 Å². The van der Waals surface area contributed by atoms with Gasteiger partial charge in [0, 0.05) is 37.3 Å². The molecule has 2 unspecified atom stereocenters. The molecule has 24 heteroatoms. The summed E-state index contributed by atoms with van der Waals surface area (Å²) in [6, 6.07) is 20.4. The average Bonchev–Trinajstić information content (AvgIpc) is 4.17. The van der Waals surface area contributed by atoms with E-state index in [4.69, 9.17) is 56.9 Å². The quantitative estimate of drug-likeness (QED) is 0.0334. The minimum absolute atomic E-state index is 0.0226. The number of hydrogen-bond acceptors (Lipinski definition) is 11. The van der Waals surface area contributed by atoms with E-state index in [1.807, 2.05) is 0 Å². The van der Waals surface area contributed by atoms with E-state index in [-0.39, 0.29) is 81.4 Å². The number of carboxylic acid groups (broad SMARTS) is 2. The number of anilines is 2. The number of carbonyl (C=O) groups excluding carboxylic acids is 7. The van der Waals surface area contributed by atoms with Crippen LogP contribution in [-0.4, -0.2) is 108 Å². The molecule has 0 heterocycles. The van der Waals surface area contributed by atoms with Gasteiger partial charge in [-0.2, -0.15) is 0 Å². The summed E-state index contributed by atoms with van der Waals surface area (Å²) in [6.07, 6.45) is 5.88. The Balaban J connectivity index is 0.000000302. The van der Waals surface area contributed by atoms with Crippen molar-refractivity contribution in [3.8, 4) is 0 Å². The highest BCUT2D eigenvalue weighted by atomic mass is 35.5. The number of alkyl carbamates (subject to hydrolysis) is 1. The Hall–Kier alpha value is -6.97. The summed E-state index contributed by atoms with van der Waals surface area (Å²) in [5.74, 6) is -4.70. The number of ether oxygens (including phenoxy) is 1. The lowest BCUT2D eigenvalue weighted by Crippen LogP contribution is -2.49. The molecule has 0 radical (unpaired) electrons. The number of hydrogen-bond donors (Lipinski definition) is 10. The van der Waals surface area contributed by atoms with Gasteiger partial charge in [-0.05, 0) is 119 Å². The molecule has 11 N–H and O–H groups in total. The maximum Gasteiger partial charge on any atom is 0.408 e. The molecule has 0 aliphatic heterocycles. The number of carbonyl (C=O) groups is 9. The van der Waals surface area contributed by atoms with Crippen LogP contribution in [0.2, 0.25) is 20.1 Å². The SMILES string of the molecule is CC(C)(C)OC(=O)NCC(=O)NCCC1(C(=O)NC(Cc2ccc(NC(=O)c3c(Cl)cccc3Cl)cc2)C(=O)O)CCCC1.NCC(=O)NCCC1(C(=O)NC(Cc2ccc(NC(=O)c3c(Cl)cccc3Cl)cc2)C(=O)O)CCCC1. The number of rotatable bonds is 23. The molecule has 0 aromatic heterocycles. The minimum atomic E-state index is -1.19. The van der Waals surface area contributed by atoms with Gasteiger partial charge in [0.2, 0.25) is 23.6 Å². The standard InChI is InChI=1S/C31H38Cl2N4O7.C26H30Cl2N4O5/c1-30(2,3)44-29(43)35-18-24(38)34-16-15-31(13-4-5-14-31)28(42)37-23(27(40)41)17-19-9-11-20(12-10-19)36-26(39)25-21(32)7-6-8-22(25)33;27-18-4-3-5-19(28)22(18)23(34)31-17-8-6-16(7-9-17)14-20(24(35)36)32-25(37)26(10-1-2-11-26)12-13-30-21(33)15-29/h6-12,23H,4-5,13-18H2,1-3H3,(H,34,38)(H,35,43)(H,36,39)(H,37,42)(H,40,41);3-9,20H,1-2,10-15,29H2,(H,30,33)(H,31,34)(H,32,37)(H,35,36). The van der Waals surface area contributed by atoms with Gasteiger partial charge in [0.25, 0.3) is 11.8 Å². The van der Waals surface area contributed by atoms with Crippen LogP contribution in [0.25, 0.3) is 0 Å². The van der Waals surface area contributed by atoms with Crippen molar-refractivity contribution < 1.29 is 58.1 Å². The summed E-state index contributed by atoms with van der Waals surface area (Å²) in [4.78, 5) is 111. The number of amides is 7. The maximum atomic E-state index is 13.4. The highest BCUT2D eigenvalue weighted by Gasteiger charge is 2.43. The number of nitrogens with one attached hydrogen (secondary N) is 7. The Morgan fingerprint density at radius 1 is 0.556 bits per heavy atom. The lowest BCUT2D eigenvalue weighted by Gasteiger charge is -2.29. The van der Waals surface area contributed by atoms with Crippen LogP contribution in [0.5, 0.6) is 0 Å². The molecule has 2 atom stereocenters. The highest BCUT2D eigenvalue weighted by molar-refractivity contribution is 6.41. The second-order valence-corrected chi connectivity index (χ2v) is 22.5. The third-order valence-corrected chi connectivity index (χ3v) is 15.1. The average molecular weight is 1200 g/mol. The van der Waals surface area contributed by atoms with Crippen molar-refractivity contribution in [1.82, 2.24) is 26.6 Å². The van der Waals surface area contributed by atoms with Crippen molar-refractivity contribution >= 4 is 111 Å². The van der Waals surface area contributed by atoms with Gasteiger partial charge in [0.1, 0.15) is 17.7 Å². The van der Waals surface area contributed by atoms with Crippen LogP contribution in [0.3, 0.4) is 0 Å². The zero-order valence-corrected chi connectivity index (χ0v) is 48.1. The second kappa shape index (κ2) is 30.2. The zero-order chi connectivity index (χ0) is 59.5. The fraction of sp³-hybridized carbons (Fsp3) is 0.421. The van der Waals surface area contributed by atoms with E-state index in [2.05, 4.69) is 37.2 Å². The van der Waals surface area contributed by atoms with Gasteiger partial charge in [0.15, 0.2) is 0 Å². The first kappa shape index (κ1) is 64.8. The van der Waals surface area contributed by atoms with Crippen molar-refractivity contribution in [2.24, 2.45) is 16.6 Å². The Bertz CT molecular complexity index is 2870. The van der Waals surface area contributed by atoms with Crippen molar-refractivity contribution in [2.75, 3.05) is 36.8 Å². The number of aliphatic carboxylic acids is 2. The predicted octanol–water partition coefficient (Wildman–Crippen LogP) is 8.33. The molecule has 4 aromatic carbocycles. The van der Waals surface area contributed by atoms with Gasteiger partial charge in [-0.1, -0.05) is 108 Å². The molecule has 2 saturated carbocycles. The van der Waals surface area contributed by atoms with Crippen LogP contribution in [0.1, 0.15) is 117 Å². The van der Waals surface area contributed by atoms with E-state index < -0.39 is 64.3 Å². The third-order valence-electron chi connectivity index (χ3n) is 13.8. The molecule has 2 fully saturated rings. The molecule has 0 saturated heterocycles. The first-order valence-electron chi connectivity index (χ1n) is 26.3. The number of carboxylic acids is 2. The van der Waals surface area contributed by atoms with E-state index >= 15 is 0 Å². The molecule has 0 spiro atoms. The summed E-state index contributed by atoms with van der Waals surface area (Å²) < 4.78 is 5.11. The Kier molecular flexibility index (Phi) is 24.2. The molecule has 4 aromatic rings. The second-order valence-electron chi connectivity index (χ2n) is 20.9. The fourth-order valence-electron chi connectivity index (χ4n) is 9.53. The van der Waals surface area contributed by atoms with E-state index in [9.17, 15) is 53.4 Å². The zero-order valence-electron chi connectivity index (χ0n) is 45.1. The normalized spacial score (nSPS) is 14.8. The van der Waals surface area contributed by atoms with Crippen LogP contribution >= 0.6 is 46.4 Å². The molecule has 81 heavy (non-hydrogen) atoms. The van der Waals surface area contributed by atoms with E-state index in [1.54, 1.807) is 106 Å². The fourth-order valence-corrected chi connectivity index (χ4v) is 10.7. The Morgan fingerprint density at radius 2 is 0.914 bits per heavy atom. The first-order chi connectivity index (χ1) is 38.3. The summed E-state index contributed by atoms with van der Waals surface area (Å²) >= 11 is 24.4. The van der Waals surface area contributed by atoms with E-state index in [0.29, 0.717) is 67.6 Å². The van der Waals surface area contributed by atoms with E-state index in [1.165, 1.54) is 0 Å². The van der Waals surface area contributed by atoms with Gasteiger partial charge in [-0.15, -0.1) is 0 Å². The van der Waals surface area contributed by atoms with Crippen molar-refractivity contribution in [2.45, 2.75) is 116 Å². The van der Waals surface area contributed by atoms with Gasteiger partial charge in [-0.25, -0.2) is 14.4 Å². The lowest BCUT2D eigenvalue weighted by atomic mass is 9.81. The number of halogens is 4. The van der Waals surface area contributed by atoms with Crippen LogP contribution in [0.4, 0.5) is 16.2 Å². The van der Waals surface area contributed by atoms with Gasteiger partial charge in [0.05, 0.1) is 55.1 Å². The number of nitrogens with two attached hydrogens (primary N) is 1. The Labute approximate surface area is 489 Å². The third kappa shape index (κ3) is 19.6. The maximum absolute atomic E-state index is 13.4. The van der Waals surface area contributed by atoms with Crippen LogP contribution in [0, 0.1) is 10.8 Å². The van der Waals surface area contributed by atoms with Gasteiger partial charge < -0.3 is 57.9 Å².